The van der Waals surface area contributed by atoms with Gasteiger partial charge in [0.2, 0.25) is 0 Å². The van der Waals surface area contributed by atoms with Gasteiger partial charge in [0.15, 0.2) is 0 Å². The van der Waals surface area contributed by atoms with E-state index in [-0.39, 0.29) is 0 Å². The van der Waals surface area contributed by atoms with Crippen molar-refractivity contribution in [1.29, 1.82) is 0 Å². The van der Waals surface area contributed by atoms with Crippen molar-refractivity contribution in [3.05, 3.63) is 30.3 Å². The first-order chi connectivity index (χ1) is 8.34. The van der Waals surface area contributed by atoms with Gasteiger partial charge in [-0.15, -0.1) is 0 Å². The summed E-state index contributed by atoms with van der Waals surface area (Å²) in [6.45, 7) is 5.66. The highest BCUT2D eigenvalue weighted by molar-refractivity contribution is 5.44. The summed E-state index contributed by atoms with van der Waals surface area (Å²) in [5.74, 6) is 0. The maximum Gasteiger partial charge on any atom is 0.0363 e. The molecule has 1 rings (SSSR count). The number of nitrogens with zero attached hydrogens (tertiary/aromatic N) is 1. The van der Waals surface area contributed by atoms with Crippen LogP contribution in [0.3, 0.4) is 0 Å². The molecule has 1 N–H and O–H groups in total. The molecule has 1 aromatic rings. The van der Waals surface area contributed by atoms with Crippen molar-refractivity contribution in [3.8, 4) is 0 Å². The highest BCUT2D eigenvalue weighted by Gasteiger charge is 1.98. The molecule has 2 nitrogen and oxygen atoms in total. The van der Waals surface area contributed by atoms with Crippen molar-refractivity contribution in [1.82, 2.24) is 5.32 Å². The number of para-hydroxylation sites is 1. The van der Waals surface area contributed by atoms with Crippen LogP contribution in [0.2, 0.25) is 0 Å². The van der Waals surface area contributed by atoms with Gasteiger partial charge in [0.25, 0.3) is 0 Å². The predicted octanol–water partition coefficient (Wildman–Crippen LogP) is 3.29. The lowest BCUT2D eigenvalue weighted by molar-refractivity contribution is 0.598. The van der Waals surface area contributed by atoms with E-state index in [2.05, 4.69) is 54.5 Å². The normalized spacial score (nSPS) is 10.5. The van der Waals surface area contributed by atoms with E-state index >= 15 is 0 Å². The number of benzene rings is 1. The van der Waals surface area contributed by atoms with Crippen LogP contribution in [0, 0.1) is 0 Å². The van der Waals surface area contributed by atoms with Crippen LogP contribution in [-0.2, 0) is 0 Å². The van der Waals surface area contributed by atoms with E-state index in [4.69, 9.17) is 0 Å². The molecule has 0 saturated carbocycles. The third-order valence-corrected chi connectivity index (χ3v) is 3.00. The van der Waals surface area contributed by atoms with Crippen molar-refractivity contribution in [3.63, 3.8) is 0 Å². The van der Waals surface area contributed by atoms with Gasteiger partial charge in [-0.25, -0.2) is 0 Å². The largest absolute Gasteiger partial charge is 0.375 e. The van der Waals surface area contributed by atoms with E-state index in [1.54, 1.807) is 0 Å². The van der Waals surface area contributed by atoms with Gasteiger partial charge in [-0.1, -0.05) is 38.0 Å². The van der Waals surface area contributed by atoms with Gasteiger partial charge in [0.05, 0.1) is 0 Å². The summed E-state index contributed by atoms with van der Waals surface area (Å²) in [4.78, 5) is 2.31. The van der Waals surface area contributed by atoms with Crippen molar-refractivity contribution in [2.24, 2.45) is 0 Å². The highest BCUT2D eigenvalue weighted by atomic mass is 15.1. The van der Waals surface area contributed by atoms with E-state index in [0.29, 0.717) is 0 Å². The predicted molar refractivity (Wildman–Crippen MR) is 76.7 cm³/mol. The molecule has 0 unspecified atom stereocenters. The summed E-state index contributed by atoms with van der Waals surface area (Å²) in [5, 5.41) is 3.50. The van der Waals surface area contributed by atoms with Crippen LogP contribution in [0.1, 0.15) is 32.6 Å². The Morgan fingerprint density at radius 2 is 1.71 bits per heavy atom. The molecule has 0 radical (unpaired) electrons. The summed E-state index contributed by atoms with van der Waals surface area (Å²) < 4.78 is 0. The van der Waals surface area contributed by atoms with Crippen LogP contribution >= 0.6 is 0 Å². The number of nitrogens with one attached hydrogen (secondary N) is 1. The second-order valence-electron chi connectivity index (χ2n) is 4.57. The maximum absolute atomic E-state index is 3.50. The second-order valence-corrected chi connectivity index (χ2v) is 4.57. The molecule has 1 aromatic carbocycles. The topological polar surface area (TPSA) is 15.3 Å². The standard InChI is InChI=1S/C15H26N2/c1-3-4-8-12-16-13-9-14-17(2)15-10-6-5-7-11-15/h5-7,10-11,16H,3-4,8-9,12-14H2,1-2H3. The molecule has 0 spiro atoms. The fourth-order valence-corrected chi connectivity index (χ4v) is 1.88. The highest BCUT2D eigenvalue weighted by Crippen LogP contribution is 2.10. The zero-order valence-corrected chi connectivity index (χ0v) is 11.3. The first kappa shape index (κ1) is 14.0. The molecule has 0 heterocycles. The van der Waals surface area contributed by atoms with Crippen LogP contribution in [0.4, 0.5) is 5.69 Å². The van der Waals surface area contributed by atoms with Gasteiger partial charge in [-0.3, -0.25) is 0 Å². The molecule has 17 heavy (non-hydrogen) atoms. The van der Waals surface area contributed by atoms with Gasteiger partial charge < -0.3 is 10.2 Å². The van der Waals surface area contributed by atoms with E-state index in [1.165, 1.54) is 37.9 Å². The summed E-state index contributed by atoms with van der Waals surface area (Å²) >= 11 is 0. The van der Waals surface area contributed by atoms with E-state index in [0.717, 1.165) is 13.1 Å². The third kappa shape index (κ3) is 6.32. The second kappa shape index (κ2) is 9.06. The lowest BCUT2D eigenvalue weighted by Crippen LogP contribution is -2.24. The summed E-state index contributed by atoms with van der Waals surface area (Å²) in [6, 6.07) is 10.6. The van der Waals surface area contributed by atoms with Crippen LogP contribution in [0.5, 0.6) is 0 Å². The Morgan fingerprint density at radius 1 is 1.00 bits per heavy atom. The average Bonchev–Trinajstić information content (AvgIpc) is 2.38. The van der Waals surface area contributed by atoms with Crippen LogP contribution < -0.4 is 10.2 Å². The van der Waals surface area contributed by atoms with Crippen molar-refractivity contribution < 1.29 is 0 Å². The lowest BCUT2D eigenvalue weighted by atomic mass is 10.2. The van der Waals surface area contributed by atoms with E-state index in [1.807, 2.05) is 0 Å². The maximum atomic E-state index is 3.50. The molecule has 0 atom stereocenters. The smallest absolute Gasteiger partial charge is 0.0363 e. The van der Waals surface area contributed by atoms with Crippen LogP contribution in [-0.4, -0.2) is 26.7 Å². The van der Waals surface area contributed by atoms with Crippen molar-refractivity contribution in [2.75, 3.05) is 31.6 Å². The summed E-state index contributed by atoms with van der Waals surface area (Å²) in [6.07, 6.45) is 5.16. The molecule has 0 bridgehead atoms. The average molecular weight is 234 g/mol. The minimum absolute atomic E-state index is 1.12. The number of unbranched alkanes of at least 4 members (excludes halogenated alkanes) is 2. The molecule has 0 aliphatic rings. The third-order valence-electron chi connectivity index (χ3n) is 3.00. The lowest BCUT2D eigenvalue weighted by Gasteiger charge is -2.19. The number of hydrogen-bond acceptors (Lipinski definition) is 2. The molecular weight excluding hydrogens is 208 g/mol. The summed E-state index contributed by atoms with van der Waals surface area (Å²) in [7, 11) is 2.16. The Kier molecular flexibility index (Phi) is 7.48. The SMILES string of the molecule is CCCCCNCCCN(C)c1ccccc1. The number of hydrogen-bond donors (Lipinski definition) is 1. The fourth-order valence-electron chi connectivity index (χ4n) is 1.88. The fraction of sp³-hybridized carbons (Fsp3) is 0.600. The molecule has 0 aliphatic carbocycles. The minimum atomic E-state index is 1.12. The van der Waals surface area contributed by atoms with Crippen LogP contribution in [0.25, 0.3) is 0 Å². The van der Waals surface area contributed by atoms with Crippen molar-refractivity contribution >= 4 is 5.69 Å². The Bertz CT molecular complexity index is 272. The Balaban J connectivity index is 2.03. The molecule has 0 aliphatic heterocycles. The number of rotatable bonds is 9. The first-order valence-corrected chi connectivity index (χ1v) is 6.81. The van der Waals surface area contributed by atoms with Gasteiger partial charge in [0, 0.05) is 19.3 Å². The Hall–Kier alpha value is -1.02. The van der Waals surface area contributed by atoms with E-state index < -0.39 is 0 Å². The monoisotopic (exact) mass is 234 g/mol. The zero-order chi connectivity index (χ0) is 12.3. The Labute approximate surface area is 106 Å². The molecule has 0 aromatic heterocycles. The first-order valence-electron chi connectivity index (χ1n) is 6.81. The van der Waals surface area contributed by atoms with Gasteiger partial charge in [-0.2, -0.15) is 0 Å². The molecule has 0 amide bonds. The van der Waals surface area contributed by atoms with Gasteiger partial charge in [-0.05, 0) is 38.1 Å². The molecule has 2 heteroatoms. The quantitative estimate of drug-likeness (QED) is 0.660. The van der Waals surface area contributed by atoms with Gasteiger partial charge in [0.1, 0.15) is 0 Å². The van der Waals surface area contributed by atoms with Crippen molar-refractivity contribution in [2.45, 2.75) is 32.6 Å². The molecule has 0 fully saturated rings. The van der Waals surface area contributed by atoms with E-state index in [9.17, 15) is 0 Å². The molecule has 96 valence electrons. The molecule has 0 saturated heterocycles. The zero-order valence-electron chi connectivity index (χ0n) is 11.3. The number of anilines is 1. The summed E-state index contributed by atoms with van der Waals surface area (Å²) in [5.41, 5.74) is 1.30. The minimum Gasteiger partial charge on any atom is -0.375 e. The van der Waals surface area contributed by atoms with Gasteiger partial charge >= 0.3 is 0 Å². The Morgan fingerprint density at radius 3 is 2.41 bits per heavy atom. The molecular formula is C15H26N2. The van der Waals surface area contributed by atoms with Crippen LogP contribution in [0.15, 0.2) is 30.3 Å².